The highest BCUT2D eigenvalue weighted by Gasteiger charge is 2.80. The van der Waals surface area contributed by atoms with Crippen LogP contribution in [0.4, 0.5) is 0 Å². The van der Waals surface area contributed by atoms with E-state index in [0.29, 0.717) is 39.0 Å². The highest BCUT2D eigenvalue weighted by Crippen LogP contribution is 2.65. The van der Waals surface area contributed by atoms with Gasteiger partial charge in [0.2, 0.25) is 11.8 Å². The summed E-state index contributed by atoms with van der Waals surface area (Å²) in [6.45, 7) is 12.7. The average Bonchev–Trinajstić information content (AvgIpc) is 3.44. The van der Waals surface area contributed by atoms with Crippen molar-refractivity contribution in [2.75, 3.05) is 26.3 Å². The largest absolute Gasteiger partial charge is 0.465 e. The minimum Gasteiger partial charge on any atom is -0.465 e. The second-order valence-electron chi connectivity index (χ2n) is 12.2. The van der Waals surface area contributed by atoms with E-state index in [0.717, 1.165) is 44.9 Å². The normalized spacial score (nSPS) is 33.7. The summed E-state index contributed by atoms with van der Waals surface area (Å²) in [5.41, 5.74) is -1.94. The zero-order valence-electron chi connectivity index (χ0n) is 23.9. The maximum absolute atomic E-state index is 14.5. The Hall–Kier alpha value is -2.19. The van der Waals surface area contributed by atoms with E-state index in [1.165, 1.54) is 6.42 Å². The van der Waals surface area contributed by atoms with Crippen LogP contribution in [0, 0.1) is 17.8 Å². The van der Waals surface area contributed by atoms with Crippen molar-refractivity contribution in [3.8, 4) is 0 Å². The number of ether oxygens (including phenoxy) is 2. The molecule has 4 rings (SSSR count). The standard InChI is InChI=1S/C31H48N2O6/c1-5-7-8-14-20-38-29(37)25-24-27(35)33(18-12-13-19-34)26(31(24)21-22(3)30(25,4)39-31)28(36)32(17-6-2)23-15-10-9-11-16-23/h5-6,22-26,34H,1-2,7-21H2,3-4H3/t22?,24-,25-,26?,30+,31?/m0/s1. The van der Waals surface area contributed by atoms with Crippen molar-refractivity contribution in [1.82, 2.24) is 9.80 Å². The fourth-order valence-corrected chi connectivity index (χ4v) is 7.77. The molecule has 4 fully saturated rings. The van der Waals surface area contributed by atoms with Crippen molar-refractivity contribution in [2.45, 2.75) is 108 Å². The van der Waals surface area contributed by atoms with Gasteiger partial charge in [-0.05, 0) is 64.2 Å². The summed E-state index contributed by atoms with van der Waals surface area (Å²) in [5.74, 6) is -2.22. The van der Waals surface area contributed by atoms with Crippen molar-refractivity contribution in [2.24, 2.45) is 17.8 Å². The number of amides is 2. The van der Waals surface area contributed by atoms with E-state index in [4.69, 9.17) is 9.47 Å². The molecule has 2 amide bonds. The number of unbranched alkanes of at least 4 members (excludes halogenated alkanes) is 3. The molecule has 6 atom stereocenters. The number of aliphatic hydroxyl groups is 1. The zero-order chi connectivity index (χ0) is 28.2. The Morgan fingerprint density at radius 1 is 1.15 bits per heavy atom. The number of carbonyl (C=O) groups excluding carboxylic acids is 3. The number of aliphatic hydroxyl groups excluding tert-OH is 1. The molecule has 1 spiro atoms. The number of hydrogen-bond donors (Lipinski definition) is 1. The summed E-state index contributed by atoms with van der Waals surface area (Å²) in [6.07, 6.45) is 12.9. The minimum atomic E-state index is -1.07. The van der Waals surface area contributed by atoms with E-state index >= 15 is 0 Å². The van der Waals surface area contributed by atoms with Crippen LogP contribution in [0.2, 0.25) is 0 Å². The van der Waals surface area contributed by atoms with Gasteiger partial charge in [-0.3, -0.25) is 14.4 Å². The number of nitrogens with zero attached hydrogens (tertiary/aromatic N) is 2. The molecule has 218 valence electrons. The minimum absolute atomic E-state index is 0.0184. The number of fused-ring (bicyclic) bond motifs is 1. The first kappa shape index (κ1) is 29.8. The van der Waals surface area contributed by atoms with Gasteiger partial charge in [-0.1, -0.05) is 38.3 Å². The van der Waals surface area contributed by atoms with Gasteiger partial charge in [0.05, 0.1) is 18.1 Å². The highest BCUT2D eigenvalue weighted by atomic mass is 16.6. The average molecular weight is 545 g/mol. The summed E-state index contributed by atoms with van der Waals surface area (Å²) < 4.78 is 12.6. The van der Waals surface area contributed by atoms with E-state index < -0.39 is 35.0 Å². The molecule has 1 saturated carbocycles. The Kier molecular flexibility index (Phi) is 9.58. The maximum atomic E-state index is 14.5. The van der Waals surface area contributed by atoms with Crippen molar-refractivity contribution in [3.05, 3.63) is 25.3 Å². The molecule has 2 bridgehead atoms. The van der Waals surface area contributed by atoms with E-state index in [1.807, 2.05) is 17.9 Å². The van der Waals surface area contributed by atoms with Crippen LogP contribution in [0.25, 0.3) is 0 Å². The lowest BCUT2D eigenvalue weighted by atomic mass is 9.62. The molecule has 0 aromatic carbocycles. The van der Waals surface area contributed by atoms with Gasteiger partial charge in [-0.25, -0.2) is 0 Å². The predicted octanol–water partition coefficient (Wildman–Crippen LogP) is 4.02. The molecule has 0 aromatic rings. The molecule has 4 aliphatic rings. The Morgan fingerprint density at radius 2 is 1.90 bits per heavy atom. The highest BCUT2D eigenvalue weighted by molar-refractivity contribution is 5.98. The van der Waals surface area contributed by atoms with Gasteiger partial charge in [0.15, 0.2) is 0 Å². The predicted molar refractivity (Wildman–Crippen MR) is 149 cm³/mol. The quantitative estimate of drug-likeness (QED) is 0.202. The van der Waals surface area contributed by atoms with Crippen LogP contribution < -0.4 is 0 Å². The van der Waals surface area contributed by atoms with Crippen molar-refractivity contribution in [1.29, 1.82) is 0 Å². The van der Waals surface area contributed by atoms with Crippen LogP contribution in [-0.4, -0.2) is 82.3 Å². The summed E-state index contributed by atoms with van der Waals surface area (Å²) in [4.78, 5) is 45.9. The summed E-state index contributed by atoms with van der Waals surface area (Å²) in [7, 11) is 0. The van der Waals surface area contributed by atoms with Gasteiger partial charge in [-0.15, -0.1) is 13.2 Å². The molecule has 8 heteroatoms. The molecule has 3 unspecified atom stereocenters. The summed E-state index contributed by atoms with van der Waals surface area (Å²) >= 11 is 0. The lowest BCUT2D eigenvalue weighted by molar-refractivity contribution is -0.162. The van der Waals surface area contributed by atoms with E-state index in [1.54, 1.807) is 11.0 Å². The van der Waals surface area contributed by atoms with Crippen LogP contribution >= 0.6 is 0 Å². The Labute approximate surface area is 233 Å². The number of carbonyl (C=O) groups is 3. The van der Waals surface area contributed by atoms with Gasteiger partial charge in [0, 0.05) is 25.7 Å². The Bertz CT molecular complexity index is 932. The molecule has 0 radical (unpaired) electrons. The number of esters is 1. The number of likely N-dealkylation sites (tertiary alicyclic amines) is 1. The number of rotatable bonds is 14. The van der Waals surface area contributed by atoms with E-state index in [2.05, 4.69) is 20.1 Å². The summed E-state index contributed by atoms with van der Waals surface area (Å²) in [6, 6.07) is -0.692. The topological polar surface area (TPSA) is 96.4 Å². The molecule has 0 aromatic heterocycles. The molecule has 39 heavy (non-hydrogen) atoms. The third-order valence-corrected chi connectivity index (χ3v) is 9.78. The fraction of sp³-hybridized carbons (Fsp3) is 0.774. The summed E-state index contributed by atoms with van der Waals surface area (Å²) in [5, 5.41) is 9.41. The zero-order valence-corrected chi connectivity index (χ0v) is 23.9. The number of allylic oxidation sites excluding steroid dienone is 1. The van der Waals surface area contributed by atoms with Crippen molar-refractivity contribution < 1.29 is 29.0 Å². The van der Waals surface area contributed by atoms with E-state index in [9.17, 15) is 19.5 Å². The van der Waals surface area contributed by atoms with Gasteiger partial charge in [0.1, 0.15) is 17.6 Å². The monoisotopic (exact) mass is 544 g/mol. The van der Waals surface area contributed by atoms with Crippen molar-refractivity contribution >= 4 is 17.8 Å². The second-order valence-corrected chi connectivity index (χ2v) is 12.2. The third kappa shape index (κ3) is 5.31. The first-order chi connectivity index (χ1) is 18.8. The molecular formula is C31H48N2O6. The van der Waals surface area contributed by atoms with Gasteiger partial charge < -0.3 is 24.4 Å². The smallest absolute Gasteiger partial charge is 0.312 e. The lowest BCUT2D eigenvalue weighted by Crippen LogP contribution is -2.58. The van der Waals surface area contributed by atoms with E-state index in [-0.39, 0.29) is 30.4 Å². The lowest BCUT2D eigenvalue weighted by Gasteiger charge is -2.41. The van der Waals surface area contributed by atoms with Crippen LogP contribution in [0.3, 0.4) is 0 Å². The Balaban J connectivity index is 1.67. The third-order valence-electron chi connectivity index (χ3n) is 9.78. The fourth-order valence-electron chi connectivity index (χ4n) is 7.77. The second kappa shape index (κ2) is 12.5. The molecule has 3 heterocycles. The molecule has 1 aliphatic carbocycles. The SMILES string of the molecule is C=CCCCCOC(=O)[C@@H]1[C@H]2C(=O)N(CCCCO)C(C(=O)N(CC=C)C3CCCCC3)C23CC(C)[C@@]1(C)O3. The maximum Gasteiger partial charge on any atom is 0.312 e. The molecule has 3 saturated heterocycles. The number of hydrogen-bond acceptors (Lipinski definition) is 6. The molecule has 8 nitrogen and oxygen atoms in total. The van der Waals surface area contributed by atoms with Crippen LogP contribution in [0.5, 0.6) is 0 Å². The van der Waals surface area contributed by atoms with Crippen LogP contribution in [-0.2, 0) is 23.9 Å². The first-order valence-electron chi connectivity index (χ1n) is 15.1. The molecule has 3 aliphatic heterocycles. The Morgan fingerprint density at radius 3 is 2.56 bits per heavy atom. The van der Waals surface area contributed by atoms with Crippen LogP contribution in [0.15, 0.2) is 25.3 Å². The van der Waals surface area contributed by atoms with Gasteiger partial charge in [0.25, 0.3) is 0 Å². The van der Waals surface area contributed by atoms with Gasteiger partial charge in [-0.2, -0.15) is 0 Å². The van der Waals surface area contributed by atoms with Gasteiger partial charge >= 0.3 is 5.97 Å². The first-order valence-corrected chi connectivity index (χ1v) is 15.1. The van der Waals surface area contributed by atoms with Crippen LogP contribution in [0.1, 0.15) is 84.5 Å². The molecule has 1 N–H and O–H groups in total. The molecular weight excluding hydrogens is 496 g/mol. The van der Waals surface area contributed by atoms with Crippen molar-refractivity contribution in [3.63, 3.8) is 0 Å².